The van der Waals surface area contributed by atoms with Crippen molar-refractivity contribution in [2.75, 3.05) is 32.8 Å². The fourth-order valence-electron chi connectivity index (χ4n) is 4.28. The molecular weight excluding hydrogens is 398 g/mol. The van der Waals surface area contributed by atoms with E-state index >= 15 is 0 Å². The van der Waals surface area contributed by atoms with Gasteiger partial charge in [0.1, 0.15) is 0 Å². The van der Waals surface area contributed by atoms with Crippen LogP contribution < -0.4 is 0 Å². The molecule has 2 aromatic carbocycles. The van der Waals surface area contributed by atoms with Crippen LogP contribution in [0.2, 0.25) is 0 Å². The van der Waals surface area contributed by atoms with E-state index in [1.807, 2.05) is 35.2 Å². The molecule has 2 aromatic rings. The highest BCUT2D eigenvalue weighted by Crippen LogP contribution is 2.35. The molecule has 2 amide bonds. The van der Waals surface area contributed by atoms with Gasteiger partial charge < -0.3 is 14.5 Å². The summed E-state index contributed by atoms with van der Waals surface area (Å²) < 4.78 is 5.97. The summed E-state index contributed by atoms with van der Waals surface area (Å²) in [6.45, 7) is 2.46. The number of nitro groups is 1. The summed E-state index contributed by atoms with van der Waals surface area (Å²) in [7, 11) is 0. The van der Waals surface area contributed by atoms with E-state index in [2.05, 4.69) is 0 Å². The van der Waals surface area contributed by atoms with Gasteiger partial charge in [-0.3, -0.25) is 19.7 Å². The summed E-state index contributed by atoms with van der Waals surface area (Å²) in [4.78, 5) is 39.8. The molecule has 31 heavy (non-hydrogen) atoms. The number of nitro benzene ring substituents is 1. The van der Waals surface area contributed by atoms with Crippen molar-refractivity contribution in [2.45, 2.75) is 18.9 Å². The van der Waals surface area contributed by atoms with Gasteiger partial charge in [-0.1, -0.05) is 30.3 Å². The number of hydrogen-bond donors (Lipinski definition) is 0. The van der Waals surface area contributed by atoms with Gasteiger partial charge in [0.25, 0.3) is 11.6 Å². The van der Waals surface area contributed by atoms with Crippen LogP contribution in [0.25, 0.3) is 0 Å². The highest BCUT2D eigenvalue weighted by molar-refractivity contribution is 5.94. The third-order valence-electron chi connectivity index (χ3n) is 5.97. The molecule has 0 aliphatic carbocycles. The summed E-state index contributed by atoms with van der Waals surface area (Å²) in [5, 5.41) is 10.8. The number of rotatable bonds is 4. The first-order valence-electron chi connectivity index (χ1n) is 10.5. The Balaban J connectivity index is 1.38. The van der Waals surface area contributed by atoms with E-state index in [-0.39, 0.29) is 29.5 Å². The Morgan fingerprint density at radius 2 is 1.58 bits per heavy atom. The molecule has 2 heterocycles. The molecule has 162 valence electrons. The maximum Gasteiger partial charge on any atom is 0.269 e. The Morgan fingerprint density at radius 3 is 2.23 bits per heavy atom. The summed E-state index contributed by atoms with van der Waals surface area (Å²) in [5.41, 5.74) is 1.39. The van der Waals surface area contributed by atoms with Gasteiger partial charge in [0.05, 0.1) is 16.9 Å². The van der Waals surface area contributed by atoms with Crippen molar-refractivity contribution in [3.05, 3.63) is 75.8 Å². The first-order chi connectivity index (χ1) is 15.0. The second-order valence-electron chi connectivity index (χ2n) is 7.87. The second kappa shape index (κ2) is 9.26. The Labute approximate surface area is 180 Å². The monoisotopic (exact) mass is 423 g/mol. The summed E-state index contributed by atoms with van der Waals surface area (Å²) in [6, 6.07) is 15.5. The van der Waals surface area contributed by atoms with Crippen molar-refractivity contribution in [1.82, 2.24) is 9.80 Å². The SMILES string of the molecule is O=C(c1ccc([N+](=O)[O-])cc1)N1CCN(C(=O)[C@H]2CCCO[C@H]2c2ccccc2)CC1. The Bertz CT molecular complexity index is 939. The molecule has 2 atom stereocenters. The number of hydrogen-bond acceptors (Lipinski definition) is 5. The molecule has 0 unspecified atom stereocenters. The minimum atomic E-state index is -0.490. The fraction of sp³-hybridized carbons (Fsp3) is 0.391. The predicted molar refractivity (Wildman–Crippen MR) is 113 cm³/mol. The van der Waals surface area contributed by atoms with Crippen LogP contribution in [-0.4, -0.2) is 59.3 Å². The standard InChI is InChI=1S/C23H25N3O5/c27-22(18-8-10-19(11-9-18)26(29)30)24-12-14-25(15-13-24)23(28)20-7-4-16-31-21(20)17-5-2-1-3-6-17/h1-3,5-6,8-11,20-21H,4,7,12-16H2/t20-,21-/m0/s1. The number of nitrogens with zero attached hydrogens (tertiary/aromatic N) is 3. The van der Waals surface area contributed by atoms with Crippen molar-refractivity contribution < 1.29 is 19.2 Å². The van der Waals surface area contributed by atoms with Gasteiger partial charge in [0.15, 0.2) is 0 Å². The van der Waals surface area contributed by atoms with Gasteiger partial charge in [-0.2, -0.15) is 0 Å². The predicted octanol–water partition coefficient (Wildman–Crippen LogP) is 3.05. The molecule has 2 fully saturated rings. The van der Waals surface area contributed by atoms with E-state index < -0.39 is 4.92 Å². The van der Waals surface area contributed by atoms with Crippen LogP contribution in [0.1, 0.15) is 34.9 Å². The first-order valence-corrected chi connectivity index (χ1v) is 10.5. The first kappa shape index (κ1) is 21.0. The zero-order valence-corrected chi connectivity index (χ0v) is 17.2. The summed E-state index contributed by atoms with van der Waals surface area (Å²) in [6.07, 6.45) is 1.42. The van der Waals surface area contributed by atoms with Gasteiger partial charge in [-0.15, -0.1) is 0 Å². The molecule has 0 saturated carbocycles. The molecule has 2 saturated heterocycles. The number of carbonyl (C=O) groups is 2. The van der Waals surface area contributed by atoms with Gasteiger partial charge in [0, 0.05) is 50.5 Å². The minimum absolute atomic E-state index is 0.0466. The van der Waals surface area contributed by atoms with E-state index in [0.717, 1.165) is 18.4 Å². The van der Waals surface area contributed by atoms with Crippen LogP contribution in [0, 0.1) is 16.0 Å². The zero-order valence-electron chi connectivity index (χ0n) is 17.2. The number of benzene rings is 2. The Morgan fingerprint density at radius 1 is 0.935 bits per heavy atom. The molecule has 0 spiro atoms. The van der Waals surface area contributed by atoms with Gasteiger partial charge >= 0.3 is 0 Å². The molecule has 2 aliphatic rings. The molecule has 0 N–H and O–H groups in total. The third kappa shape index (κ3) is 4.59. The van der Waals surface area contributed by atoms with E-state index in [4.69, 9.17) is 4.74 Å². The molecule has 8 nitrogen and oxygen atoms in total. The number of piperazine rings is 1. The van der Waals surface area contributed by atoms with Crippen molar-refractivity contribution in [2.24, 2.45) is 5.92 Å². The maximum atomic E-state index is 13.3. The van der Waals surface area contributed by atoms with Crippen molar-refractivity contribution in [3.8, 4) is 0 Å². The molecule has 2 aliphatic heterocycles. The molecule has 0 radical (unpaired) electrons. The van der Waals surface area contributed by atoms with E-state index in [1.165, 1.54) is 24.3 Å². The van der Waals surface area contributed by atoms with E-state index in [9.17, 15) is 19.7 Å². The van der Waals surface area contributed by atoms with E-state index in [1.54, 1.807) is 4.90 Å². The lowest BCUT2D eigenvalue weighted by atomic mass is 9.88. The molecule has 0 aromatic heterocycles. The number of ether oxygens (including phenoxy) is 1. The topological polar surface area (TPSA) is 93.0 Å². The fourth-order valence-corrected chi connectivity index (χ4v) is 4.28. The van der Waals surface area contributed by atoms with Crippen LogP contribution in [0.15, 0.2) is 54.6 Å². The maximum absolute atomic E-state index is 13.3. The number of carbonyl (C=O) groups excluding carboxylic acids is 2. The van der Waals surface area contributed by atoms with E-state index in [0.29, 0.717) is 38.3 Å². The lowest BCUT2D eigenvalue weighted by Crippen LogP contribution is -2.53. The van der Waals surface area contributed by atoms with Crippen molar-refractivity contribution in [3.63, 3.8) is 0 Å². The van der Waals surface area contributed by atoms with Gasteiger partial charge in [-0.25, -0.2) is 0 Å². The van der Waals surface area contributed by atoms with Gasteiger partial charge in [0.2, 0.25) is 5.91 Å². The highest BCUT2D eigenvalue weighted by Gasteiger charge is 2.37. The van der Waals surface area contributed by atoms with Crippen LogP contribution >= 0.6 is 0 Å². The van der Waals surface area contributed by atoms with Crippen molar-refractivity contribution >= 4 is 17.5 Å². The van der Waals surface area contributed by atoms with Crippen LogP contribution in [0.4, 0.5) is 5.69 Å². The number of amides is 2. The Kier molecular flexibility index (Phi) is 6.27. The van der Waals surface area contributed by atoms with Crippen LogP contribution in [0.3, 0.4) is 0 Å². The summed E-state index contributed by atoms with van der Waals surface area (Å²) in [5.74, 6) is -0.311. The molecular formula is C23H25N3O5. The van der Waals surface area contributed by atoms with Crippen LogP contribution in [-0.2, 0) is 9.53 Å². The van der Waals surface area contributed by atoms with Gasteiger partial charge in [-0.05, 0) is 30.5 Å². The second-order valence-corrected chi connectivity index (χ2v) is 7.87. The smallest absolute Gasteiger partial charge is 0.269 e. The third-order valence-corrected chi connectivity index (χ3v) is 5.97. The minimum Gasteiger partial charge on any atom is -0.373 e. The van der Waals surface area contributed by atoms with Crippen molar-refractivity contribution in [1.29, 1.82) is 0 Å². The lowest BCUT2D eigenvalue weighted by Gasteiger charge is -2.39. The molecule has 0 bridgehead atoms. The zero-order chi connectivity index (χ0) is 21.8. The normalized spacial score (nSPS) is 21.5. The Hall–Kier alpha value is -3.26. The quantitative estimate of drug-likeness (QED) is 0.557. The average molecular weight is 423 g/mol. The number of non-ortho nitro benzene ring substituents is 1. The average Bonchev–Trinajstić information content (AvgIpc) is 2.84. The molecule has 4 rings (SSSR count). The molecule has 8 heteroatoms. The summed E-state index contributed by atoms with van der Waals surface area (Å²) >= 11 is 0. The lowest BCUT2D eigenvalue weighted by molar-refractivity contribution is -0.384. The van der Waals surface area contributed by atoms with Crippen LogP contribution in [0.5, 0.6) is 0 Å². The largest absolute Gasteiger partial charge is 0.373 e. The highest BCUT2D eigenvalue weighted by atomic mass is 16.6.